The summed E-state index contributed by atoms with van der Waals surface area (Å²) in [5, 5.41) is 10.2. The Hall–Kier alpha value is -5.98. The van der Waals surface area contributed by atoms with Crippen molar-refractivity contribution < 1.29 is 0 Å². The van der Waals surface area contributed by atoms with Crippen LogP contribution in [0.1, 0.15) is 0 Å². The van der Waals surface area contributed by atoms with Crippen LogP contribution in [0.4, 0.5) is 0 Å². The van der Waals surface area contributed by atoms with Crippen LogP contribution in [0.15, 0.2) is 182 Å². The van der Waals surface area contributed by atoms with Crippen molar-refractivity contribution in [2.24, 2.45) is 0 Å². The van der Waals surface area contributed by atoms with Crippen molar-refractivity contribution in [1.82, 2.24) is 0 Å². The Balaban J connectivity index is 1.03. The highest BCUT2D eigenvalue weighted by Crippen LogP contribution is 2.39. The molecule has 0 aliphatic rings. The second-order valence-corrected chi connectivity index (χ2v) is 12.1. The first kappa shape index (κ1) is 26.4. The average molecular weight is 583 g/mol. The van der Waals surface area contributed by atoms with Gasteiger partial charge in [-0.05, 0) is 99.7 Å². The summed E-state index contributed by atoms with van der Waals surface area (Å²) < 4.78 is 0. The van der Waals surface area contributed by atoms with Crippen LogP contribution < -0.4 is 0 Å². The van der Waals surface area contributed by atoms with E-state index in [0.717, 1.165) is 0 Å². The molecule has 0 unspecified atom stereocenters. The van der Waals surface area contributed by atoms with E-state index in [4.69, 9.17) is 0 Å². The lowest BCUT2D eigenvalue weighted by Crippen LogP contribution is -1.87. The lowest BCUT2D eigenvalue weighted by Gasteiger charge is -2.13. The minimum absolute atomic E-state index is 1.22. The van der Waals surface area contributed by atoms with Crippen LogP contribution in [-0.2, 0) is 0 Å². The zero-order chi connectivity index (χ0) is 30.5. The van der Waals surface area contributed by atoms with E-state index in [2.05, 4.69) is 182 Å². The lowest BCUT2D eigenvalue weighted by atomic mass is 9.90. The fraction of sp³-hybridized carbons (Fsp3) is 0. The van der Waals surface area contributed by atoms with E-state index in [1.165, 1.54) is 87.6 Å². The summed E-state index contributed by atoms with van der Waals surface area (Å²) in [6, 6.07) is 66.4. The maximum Gasteiger partial charge on any atom is -0.00268 e. The topological polar surface area (TPSA) is 0 Å². The van der Waals surface area contributed by atoms with E-state index >= 15 is 0 Å². The van der Waals surface area contributed by atoms with Gasteiger partial charge < -0.3 is 0 Å². The van der Waals surface area contributed by atoms with Crippen molar-refractivity contribution in [2.45, 2.75) is 0 Å². The third-order valence-electron chi connectivity index (χ3n) is 9.44. The average Bonchev–Trinajstić information content (AvgIpc) is 3.13. The molecule has 0 fully saturated rings. The molecule has 0 aliphatic carbocycles. The summed E-state index contributed by atoms with van der Waals surface area (Å²) in [6.07, 6.45) is 0. The second kappa shape index (κ2) is 10.9. The Morgan fingerprint density at radius 1 is 0.196 bits per heavy atom. The number of fused-ring (bicyclic) bond motifs is 4. The van der Waals surface area contributed by atoms with Gasteiger partial charge in [-0.25, -0.2) is 0 Å². The predicted molar refractivity (Wildman–Crippen MR) is 198 cm³/mol. The molecule has 9 rings (SSSR count). The fourth-order valence-corrected chi connectivity index (χ4v) is 7.16. The highest BCUT2D eigenvalue weighted by molar-refractivity contribution is 6.13. The van der Waals surface area contributed by atoms with Gasteiger partial charge in [0, 0.05) is 0 Å². The minimum atomic E-state index is 1.22. The fourth-order valence-electron chi connectivity index (χ4n) is 7.16. The van der Waals surface area contributed by atoms with Crippen LogP contribution in [-0.4, -0.2) is 0 Å². The molecule has 0 radical (unpaired) electrons. The van der Waals surface area contributed by atoms with Crippen molar-refractivity contribution in [2.75, 3.05) is 0 Å². The molecule has 0 atom stereocenters. The normalized spacial score (nSPS) is 11.5. The summed E-state index contributed by atoms with van der Waals surface area (Å²) in [5.74, 6) is 0. The van der Waals surface area contributed by atoms with Gasteiger partial charge in [0.2, 0.25) is 0 Å². The van der Waals surface area contributed by atoms with Gasteiger partial charge in [-0.1, -0.05) is 170 Å². The van der Waals surface area contributed by atoms with E-state index < -0.39 is 0 Å². The van der Waals surface area contributed by atoms with Crippen molar-refractivity contribution in [3.8, 4) is 44.5 Å². The van der Waals surface area contributed by atoms with Crippen molar-refractivity contribution in [3.63, 3.8) is 0 Å². The van der Waals surface area contributed by atoms with Crippen molar-refractivity contribution in [3.05, 3.63) is 182 Å². The van der Waals surface area contributed by atoms with Crippen molar-refractivity contribution in [1.29, 1.82) is 0 Å². The molecule has 0 N–H and O–H groups in total. The van der Waals surface area contributed by atoms with Crippen LogP contribution in [0.5, 0.6) is 0 Å². The molecule has 0 heterocycles. The zero-order valence-electron chi connectivity index (χ0n) is 25.3. The summed E-state index contributed by atoms with van der Waals surface area (Å²) in [7, 11) is 0. The third kappa shape index (κ3) is 4.47. The Bertz CT molecular complexity index is 2250. The molecular weight excluding hydrogens is 553 g/mol. The minimum Gasteiger partial charge on any atom is -0.0616 e. The first-order valence-electron chi connectivity index (χ1n) is 15.9. The lowest BCUT2D eigenvalue weighted by molar-refractivity contribution is 1.58. The Morgan fingerprint density at radius 2 is 0.413 bits per heavy atom. The highest BCUT2D eigenvalue weighted by atomic mass is 14.2. The van der Waals surface area contributed by atoms with E-state index in [9.17, 15) is 0 Å². The molecule has 0 spiro atoms. The summed E-state index contributed by atoms with van der Waals surface area (Å²) in [4.78, 5) is 0. The van der Waals surface area contributed by atoms with Crippen LogP contribution in [0, 0.1) is 0 Å². The Kier molecular flexibility index (Phi) is 6.25. The SMILES string of the molecule is c1ccc2c(-c3ccc(-c4ccc(-c5ccc(-c6c7ccccc7cc7ccccc67)cc5)cc4)cc3)c3ccccc3cc2c1. The van der Waals surface area contributed by atoms with Crippen LogP contribution in [0.2, 0.25) is 0 Å². The third-order valence-corrected chi connectivity index (χ3v) is 9.44. The predicted octanol–water partition coefficient (Wildman–Crippen LogP) is 13.0. The maximum absolute atomic E-state index is 2.29. The quantitative estimate of drug-likeness (QED) is 0.181. The van der Waals surface area contributed by atoms with Gasteiger partial charge in [0.15, 0.2) is 0 Å². The number of rotatable bonds is 4. The standard InChI is InChI=1S/C46H30/c1-5-13-41-37(9-1)29-38-10-2-6-14-42(38)45(41)35-25-21-33(22-26-35)31-17-19-32(20-18-31)34-23-27-36(28-24-34)46-43-15-7-3-11-39(43)30-40-12-4-8-16-44(40)46/h1-30H. The van der Waals surface area contributed by atoms with Gasteiger partial charge in [-0.15, -0.1) is 0 Å². The van der Waals surface area contributed by atoms with Gasteiger partial charge >= 0.3 is 0 Å². The highest BCUT2D eigenvalue weighted by Gasteiger charge is 2.12. The number of hydrogen-bond acceptors (Lipinski definition) is 0. The largest absolute Gasteiger partial charge is 0.0616 e. The summed E-state index contributed by atoms with van der Waals surface area (Å²) >= 11 is 0. The molecule has 46 heavy (non-hydrogen) atoms. The van der Waals surface area contributed by atoms with Crippen LogP contribution in [0.3, 0.4) is 0 Å². The molecule has 9 aromatic carbocycles. The van der Waals surface area contributed by atoms with Gasteiger partial charge in [-0.2, -0.15) is 0 Å². The first-order valence-corrected chi connectivity index (χ1v) is 15.9. The van der Waals surface area contributed by atoms with E-state index in [-0.39, 0.29) is 0 Å². The van der Waals surface area contributed by atoms with Gasteiger partial charge in [-0.3, -0.25) is 0 Å². The smallest absolute Gasteiger partial charge is 0.00268 e. The molecule has 9 aromatic rings. The molecule has 214 valence electrons. The zero-order valence-corrected chi connectivity index (χ0v) is 25.3. The van der Waals surface area contributed by atoms with Crippen LogP contribution >= 0.6 is 0 Å². The molecule has 0 nitrogen and oxygen atoms in total. The summed E-state index contributed by atoms with van der Waals surface area (Å²) in [5.41, 5.74) is 9.97. The molecule has 0 aliphatic heterocycles. The molecule has 0 bridgehead atoms. The van der Waals surface area contributed by atoms with E-state index in [0.29, 0.717) is 0 Å². The summed E-state index contributed by atoms with van der Waals surface area (Å²) in [6.45, 7) is 0. The Morgan fingerprint density at radius 3 is 0.674 bits per heavy atom. The second-order valence-electron chi connectivity index (χ2n) is 12.1. The van der Waals surface area contributed by atoms with Gasteiger partial charge in [0.25, 0.3) is 0 Å². The molecule has 0 aromatic heterocycles. The van der Waals surface area contributed by atoms with E-state index in [1.54, 1.807) is 0 Å². The Labute approximate surface area is 268 Å². The molecule has 0 amide bonds. The van der Waals surface area contributed by atoms with Gasteiger partial charge in [0.1, 0.15) is 0 Å². The first-order chi connectivity index (χ1) is 22.8. The van der Waals surface area contributed by atoms with Gasteiger partial charge in [0.05, 0.1) is 0 Å². The maximum atomic E-state index is 2.29. The van der Waals surface area contributed by atoms with E-state index in [1.807, 2.05) is 0 Å². The number of hydrogen-bond donors (Lipinski definition) is 0. The molecule has 0 saturated heterocycles. The monoisotopic (exact) mass is 582 g/mol. The molecule has 0 heteroatoms. The molecular formula is C46H30. The molecule has 0 saturated carbocycles. The van der Waals surface area contributed by atoms with Crippen LogP contribution in [0.25, 0.3) is 87.6 Å². The number of benzene rings is 9. The van der Waals surface area contributed by atoms with Crippen molar-refractivity contribution >= 4 is 43.1 Å².